The largest absolute Gasteiger partial charge is 0.496 e. The van der Waals surface area contributed by atoms with Gasteiger partial charge in [0.25, 0.3) is 0 Å². The lowest BCUT2D eigenvalue weighted by Gasteiger charge is -2.27. The van der Waals surface area contributed by atoms with Crippen molar-refractivity contribution < 1.29 is 9.47 Å². The van der Waals surface area contributed by atoms with Gasteiger partial charge in [-0.1, -0.05) is 6.07 Å². The van der Waals surface area contributed by atoms with Gasteiger partial charge in [0, 0.05) is 25.7 Å². The summed E-state index contributed by atoms with van der Waals surface area (Å²) in [6.45, 7) is 3.89. The minimum absolute atomic E-state index is 0.683. The average Bonchev–Trinajstić information content (AvgIpc) is 2.61. The lowest BCUT2D eigenvalue weighted by atomic mass is 10.2. The maximum atomic E-state index is 5.37. The van der Waals surface area contributed by atoms with Crippen LogP contribution in [-0.2, 0) is 11.3 Å². The molecule has 0 bridgehead atoms. The Morgan fingerprint density at radius 1 is 1.26 bits per heavy atom. The van der Waals surface area contributed by atoms with Gasteiger partial charge in [-0.15, -0.1) is 0 Å². The van der Waals surface area contributed by atoms with Crippen molar-refractivity contribution in [2.75, 3.05) is 43.6 Å². The van der Waals surface area contributed by atoms with Gasteiger partial charge in [0.05, 0.1) is 24.8 Å². The molecule has 1 aromatic carbocycles. The number of ether oxygens (including phenoxy) is 2. The Labute approximate surface area is 144 Å². The molecular formula is C16H19BrN4O2. The molecule has 1 aliphatic rings. The average molecular weight is 379 g/mol. The highest BCUT2D eigenvalue weighted by Gasteiger charge is 2.13. The quantitative estimate of drug-likeness (QED) is 0.862. The Hall–Kier alpha value is -1.86. The summed E-state index contributed by atoms with van der Waals surface area (Å²) in [5.74, 6) is 2.57. The van der Waals surface area contributed by atoms with E-state index in [1.807, 2.05) is 24.3 Å². The van der Waals surface area contributed by atoms with Crippen LogP contribution in [0.15, 0.2) is 35.1 Å². The zero-order valence-electron chi connectivity index (χ0n) is 13.0. The normalized spacial score (nSPS) is 14.6. The fourth-order valence-corrected chi connectivity index (χ4v) is 3.01. The topological polar surface area (TPSA) is 59.5 Å². The van der Waals surface area contributed by atoms with Crippen LogP contribution in [0.3, 0.4) is 0 Å². The summed E-state index contributed by atoms with van der Waals surface area (Å²) in [5, 5.41) is 3.33. The molecule has 122 valence electrons. The third-order valence-electron chi connectivity index (χ3n) is 3.68. The fraction of sp³-hybridized carbons (Fsp3) is 0.375. The maximum absolute atomic E-state index is 5.37. The molecule has 0 unspecified atom stereocenters. The minimum Gasteiger partial charge on any atom is -0.496 e. The Morgan fingerprint density at radius 3 is 2.83 bits per heavy atom. The predicted molar refractivity (Wildman–Crippen MR) is 93.1 cm³/mol. The van der Waals surface area contributed by atoms with Gasteiger partial charge in [0.1, 0.15) is 23.7 Å². The SMILES string of the molecule is COc1ccc(CNc2cc(N3CCOCC3)ncn2)cc1Br. The molecule has 1 aromatic heterocycles. The van der Waals surface area contributed by atoms with Crippen molar-refractivity contribution >= 4 is 27.6 Å². The van der Waals surface area contributed by atoms with Gasteiger partial charge in [-0.05, 0) is 33.6 Å². The molecule has 23 heavy (non-hydrogen) atoms. The second kappa shape index (κ2) is 7.61. The third-order valence-corrected chi connectivity index (χ3v) is 4.30. The van der Waals surface area contributed by atoms with E-state index in [-0.39, 0.29) is 0 Å². The Kier molecular flexibility index (Phi) is 5.30. The third kappa shape index (κ3) is 4.11. The second-order valence-corrected chi connectivity index (χ2v) is 6.04. The number of hydrogen-bond acceptors (Lipinski definition) is 6. The van der Waals surface area contributed by atoms with Crippen LogP contribution >= 0.6 is 15.9 Å². The van der Waals surface area contributed by atoms with E-state index in [1.54, 1.807) is 13.4 Å². The van der Waals surface area contributed by atoms with E-state index in [2.05, 4.69) is 36.1 Å². The molecular weight excluding hydrogens is 360 g/mol. The lowest BCUT2D eigenvalue weighted by Crippen LogP contribution is -2.36. The molecule has 2 aromatic rings. The number of hydrogen-bond donors (Lipinski definition) is 1. The Bertz CT molecular complexity index is 662. The van der Waals surface area contributed by atoms with Crippen molar-refractivity contribution in [3.8, 4) is 5.75 Å². The zero-order valence-corrected chi connectivity index (χ0v) is 14.5. The van der Waals surface area contributed by atoms with E-state index in [9.17, 15) is 0 Å². The van der Waals surface area contributed by atoms with Crippen molar-refractivity contribution in [3.05, 3.63) is 40.6 Å². The van der Waals surface area contributed by atoms with E-state index >= 15 is 0 Å². The summed E-state index contributed by atoms with van der Waals surface area (Å²) in [6.07, 6.45) is 1.59. The number of nitrogens with one attached hydrogen (secondary N) is 1. The molecule has 0 radical (unpaired) electrons. The summed E-state index contributed by atoms with van der Waals surface area (Å²) in [6, 6.07) is 7.99. The first-order chi connectivity index (χ1) is 11.3. The Balaban J connectivity index is 1.65. The molecule has 1 saturated heterocycles. The molecule has 1 N–H and O–H groups in total. The number of morpholine rings is 1. The van der Waals surface area contributed by atoms with Crippen molar-refractivity contribution in [1.29, 1.82) is 0 Å². The van der Waals surface area contributed by atoms with Crippen LogP contribution in [0.25, 0.3) is 0 Å². The molecule has 0 saturated carbocycles. The van der Waals surface area contributed by atoms with Gasteiger partial charge in [-0.3, -0.25) is 0 Å². The summed E-state index contributed by atoms with van der Waals surface area (Å²) in [4.78, 5) is 10.8. The molecule has 1 aliphatic heterocycles. The van der Waals surface area contributed by atoms with Crippen LogP contribution in [0.5, 0.6) is 5.75 Å². The van der Waals surface area contributed by atoms with Crippen LogP contribution < -0.4 is 15.0 Å². The molecule has 0 spiro atoms. The maximum Gasteiger partial charge on any atom is 0.134 e. The first-order valence-electron chi connectivity index (χ1n) is 7.47. The lowest BCUT2D eigenvalue weighted by molar-refractivity contribution is 0.122. The zero-order chi connectivity index (χ0) is 16.1. The first kappa shape index (κ1) is 16.0. The number of aromatic nitrogens is 2. The monoisotopic (exact) mass is 378 g/mol. The second-order valence-electron chi connectivity index (χ2n) is 5.18. The molecule has 0 amide bonds. The van der Waals surface area contributed by atoms with Crippen LogP contribution in [0.1, 0.15) is 5.56 Å². The highest BCUT2D eigenvalue weighted by molar-refractivity contribution is 9.10. The molecule has 6 nitrogen and oxygen atoms in total. The first-order valence-corrected chi connectivity index (χ1v) is 8.26. The van der Waals surface area contributed by atoms with E-state index in [1.165, 1.54) is 0 Å². The molecule has 7 heteroatoms. The van der Waals surface area contributed by atoms with Gasteiger partial charge >= 0.3 is 0 Å². The number of anilines is 2. The smallest absolute Gasteiger partial charge is 0.134 e. The van der Waals surface area contributed by atoms with Crippen LogP contribution in [-0.4, -0.2) is 43.4 Å². The van der Waals surface area contributed by atoms with E-state index in [0.29, 0.717) is 6.54 Å². The van der Waals surface area contributed by atoms with Crippen molar-refractivity contribution in [3.63, 3.8) is 0 Å². The number of rotatable bonds is 5. The standard InChI is InChI=1S/C16H19BrN4O2/c1-22-14-3-2-12(8-13(14)17)10-18-15-9-16(20-11-19-15)21-4-6-23-7-5-21/h2-3,8-9,11H,4-7,10H2,1H3,(H,18,19,20). The van der Waals surface area contributed by atoms with E-state index < -0.39 is 0 Å². The van der Waals surface area contributed by atoms with Gasteiger partial charge in [0.2, 0.25) is 0 Å². The number of methoxy groups -OCH3 is 1. The number of halogens is 1. The summed E-state index contributed by atoms with van der Waals surface area (Å²) < 4.78 is 11.6. The van der Waals surface area contributed by atoms with Gasteiger partial charge in [-0.2, -0.15) is 0 Å². The number of benzene rings is 1. The van der Waals surface area contributed by atoms with Gasteiger partial charge in [-0.25, -0.2) is 9.97 Å². The highest BCUT2D eigenvalue weighted by Crippen LogP contribution is 2.26. The molecule has 2 heterocycles. The minimum atomic E-state index is 0.683. The molecule has 3 rings (SSSR count). The van der Waals surface area contributed by atoms with Crippen molar-refractivity contribution in [2.24, 2.45) is 0 Å². The van der Waals surface area contributed by atoms with Crippen molar-refractivity contribution in [1.82, 2.24) is 9.97 Å². The fourth-order valence-electron chi connectivity index (χ4n) is 2.42. The molecule has 0 atom stereocenters. The van der Waals surface area contributed by atoms with Crippen LogP contribution in [0.2, 0.25) is 0 Å². The van der Waals surface area contributed by atoms with Crippen molar-refractivity contribution in [2.45, 2.75) is 6.54 Å². The van der Waals surface area contributed by atoms with Crippen LogP contribution in [0, 0.1) is 0 Å². The van der Waals surface area contributed by atoms with E-state index in [4.69, 9.17) is 9.47 Å². The van der Waals surface area contributed by atoms with Gasteiger partial charge < -0.3 is 19.7 Å². The van der Waals surface area contributed by atoms with Gasteiger partial charge in [0.15, 0.2) is 0 Å². The van der Waals surface area contributed by atoms with E-state index in [0.717, 1.165) is 53.7 Å². The summed E-state index contributed by atoms with van der Waals surface area (Å²) in [5.41, 5.74) is 1.14. The molecule has 1 fully saturated rings. The Morgan fingerprint density at radius 2 is 2.09 bits per heavy atom. The summed E-state index contributed by atoms with van der Waals surface area (Å²) >= 11 is 3.50. The molecule has 0 aliphatic carbocycles. The van der Waals surface area contributed by atoms with Crippen LogP contribution in [0.4, 0.5) is 11.6 Å². The predicted octanol–water partition coefficient (Wildman–Crippen LogP) is 2.70. The summed E-state index contributed by atoms with van der Waals surface area (Å²) in [7, 11) is 1.66. The highest BCUT2D eigenvalue weighted by atomic mass is 79.9. The number of nitrogens with zero attached hydrogens (tertiary/aromatic N) is 3.